The van der Waals surface area contributed by atoms with Gasteiger partial charge in [-0.25, -0.2) is 4.98 Å². The number of rotatable bonds is 6. The molecule has 0 aliphatic heterocycles. The highest BCUT2D eigenvalue weighted by molar-refractivity contribution is 7.22. The van der Waals surface area contributed by atoms with E-state index < -0.39 is 0 Å². The van der Waals surface area contributed by atoms with Crippen molar-refractivity contribution in [2.24, 2.45) is 0 Å². The van der Waals surface area contributed by atoms with Gasteiger partial charge in [-0.15, -0.1) is 11.3 Å². The molecule has 0 atom stereocenters. The molecular formula is C24H21N3OS2. The Labute approximate surface area is 182 Å². The average Bonchev–Trinajstić information content (AvgIpc) is 3.46. The van der Waals surface area contributed by atoms with E-state index >= 15 is 0 Å². The second-order valence-electron chi connectivity index (χ2n) is 7.22. The van der Waals surface area contributed by atoms with E-state index in [1.54, 1.807) is 11.3 Å². The van der Waals surface area contributed by atoms with Gasteiger partial charge in [-0.05, 0) is 53.6 Å². The zero-order valence-electron chi connectivity index (χ0n) is 16.6. The predicted octanol–water partition coefficient (Wildman–Crippen LogP) is 6.37. The van der Waals surface area contributed by atoms with Crippen LogP contribution in [0, 0.1) is 0 Å². The van der Waals surface area contributed by atoms with Crippen molar-refractivity contribution in [2.75, 3.05) is 5.32 Å². The number of carbonyl (C=O) groups is 1. The molecule has 0 aliphatic rings. The Balaban J connectivity index is 1.42. The summed E-state index contributed by atoms with van der Waals surface area (Å²) in [6.45, 7) is 2.90. The van der Waals surface area contributed by atoms with E-state index in [0.717, 1.165) is 39.8 Å². The molecule has 6 heteroatoms. The first-order chi connectivity index (χ1) is 14.7. The maximum Gasteiger partial charge on any atom is 0.274 e. The third-order valence-corrected chi connectivity index (χ3v) is 7.09. The van der Waals surface area contributed by atoms with E-state index in [9.17, 15) is 4.79 Å². The van der Waals surface area contributed by atoms with Gasteiger partial charge in [0.05, 0.1) is 20.4 Å². The molecule has 2 aromatic carbocycles. The van der Waals surface area contributed by atoms with Crippen LogP contribution in [0.5, 0.6) is 0 Å². The van der Waals surface area contributed by atoms with Crippen LogP contribution in [0.15, 0.2) is 66.0 Å². The first-order valence-corrected chi connectivity index (χ1v) is 11.7. The lowest BCUT2D eigenvalue weighted by Crippen LogP contribution is -2.17. The van der Waals surface area contributed by atoms with Gasteiger partial charge in [0.25, 0.3) is 5.91 Å². The maximum absolute atomic E-state index is 13.2. The first-order valence-electron chi connectivity index (χ1n) is 10.0. The van der Waals surface area contributed by atoms with Crippen molar-refractivity contribution in [3.63, 3.8) is 0 Å². The number of carbonyl (C=O) groups excluding carboxylic acids is 1. The summed E-state index contributed by atoms with van der Waals surface area (Å²) >= 11 is 3.19. The molecule has 0 radical (unpaired) electrons. The number of fused-ring (bicyclic) bond motifs is 2. The van der Waals surface area contributed by atoms with Crippen LogP contribution in [0.25, 0.3) is 20.4 Å². The molecule has 0 aliphatic carbocycles. The van der Waals surface area contributed by atoms with Crippen LogP contribution >= 0.6 is 22.7 Å². The van der Waals surface area contributed by atoms with Crippen LogP contribution in [0.3, 0.4) is 0 Å². The molecule has 1 amide bonds. The SMILES string of the molecule is CCc1ccc2nc(NC(=O)c3cc4sccc4n3CCc3ccccc3)sc2c1. The molecule has 0 saturated heterocycles. The molecule has 0 unspecified atom stereocenters. The van der Waals surface area contributed by atoms with E-state index in [1.165, 1.54) is 22.5 Å². The molecular weight excluding hydrogens is 410 g/mol. The summed E-state index contributed by atoms with van der Waals surface area (Å²) < 4.78 is 4.35. The lowest BCUT2D eigenvalue weighted by atomic mass is 10.1. The van der Waals surface area contributed by atoms with E-state index in [4.69, 9.17) is 0 Å². The lowest BCUT2D eigenvalue weighted by Gasteiger charge is -2.10. The smallest absolute Gasteiger partial charge is 0.274 e. The van der Waals surface area contributed by atoms with E-state index in [1.807, 2.05) is 18.2 Å². The summed E-state index contributed by atoms with van der Waals surface area (Å²) in [4.78, 5) is 17.8. The Hall–Kier alpha value is -2.96. The van der Waals surface area contributed by atoms with Crippen LogP contribution in [-0.4, -0.2) is 15.5 Å². The van der Waals surface area contributed by atoms with Crippen molar-refractivity contribution in [3.8, 4) is 0 Å². The van der Waals surface area contributed by atoms with E-state index in [-0.39, 0.29) is 5.91 Å². The lowest BCUT2D eigenvalue weighted by molar-refractivity contribution is 0.101. The summed E-state index contributed by atoms with van der Waals surface area (Å²) in [6.07, 6.45) is 1.86. The summed E-state index contributed by atoms with van der Waals surface area (Å²) in [6, 6.07) is 20.7. The van der Waals surface area contributed by atoms with Gasteiger partial charge in [0.15, 0.2) is 5.13 Å². The zero-order valence-corrected chi connectivity index (χ0v) is 18.2. The van der Waals surface area contributed by atoms with Crippen LogP contribution in [0.4, 0.5) is 5.13 Å². The number of aryl methyl sites for hydroxylation is 3. The van der Waals surface area contributed by atoms with Gasteiger partial charge in [0.2, 0.25) is 0 Å². The largest absolute Gasteiger partial charge is 0.335 e. The molecule has 150 valence electrons. The third-order valence-electron chi connectivity index (χ3n) is 5.30. The van der Waals surface area contributed by atoms with Crippen LogP contribution < -0.4 is 5.32 Å². The minimum atomic E-state index is -0.110. The van der Waals surface area contributed by atoms with E-state index in [0.29, 0.717) is 10.8 Å². The molecule has 3 aromatic heterocycles. The van der Waals surface area contributed by atoms with Gasteiger partial charge in [-0.1, -0.05) is 54.7 Å². The highest BCUT2D eigenvalue weighted by atomic mass is 32.1. The fourth-order valence-corrected chi connectivity index (χ4v) is 5.44. The van der Waals surface area contributed by atoms with Crippen LogP contribution in [0.2, 0.25) is 0 Å². The van der Waals surface area contributed by atoms with Gasteiger partial charge >= 0.3 is 0 Å². The van der Waals surface area contributed by atoms with Gasteiger partial charge in [0, 0.05) is 6.54 Å². The maximum atomic E-state index is 13.2. The number of nitrogens with zero attached hydrogens (tertiary/aromatic N) is 2. The van der Waals surface area contributed by atoms with Crippen molar-refractivity contribution in [3.05, 3.63) is 82.9 Å². The van der Waals surface area contributed by atoms with E-state index in [2.05, 4.69) is 69.6 Å². The summed E-state index contributed by atoms with van der Waals surface area (Å²) in [7, 11) is 0. The van der Waals surface area contributed by atoms with Crippen molar-refractivity contribution in [2.45, 2.75) is 26.3 Å². The Morgan fingerprint density at radius 2 is 1.90 bits per heavy atom. The van der Waals surface area contributed by atoms with Crippen molar-refractivity contribution < 1.29 is 4.79 Å². The van der Waals surface area contributed by atoms with Gasteiger partial charge in [-0.3, -0.25) is 10.1 Å². The Kier molecular flexibility index (Phi) is 5.11. The second kappa shape index (κ2) is 8.05. The third kappa shape index (κ3) is 3.64. The molecule has 1 N–H and O–H groups in total. The molecule has 30 heavy (non-hydrogen) atoms. The van der Waals surface area contributed by atoms with Gasteiger partial charge in [0.1, 0.15) is 5.69 Å². The number of anilines is 1. The Morgan fingerprint density at radius 3 is 2.73 bits per heavy atom. The van der Waals surface area contributed by atoms with Crippen molar-refractivity contribution >= 4 is 54.1 Å². The molecule has 5 rings (SSSR count). The fraction of sp³-hybridized carbons (Fsp3) is 0.167. The molecule has 3 heterocycles. The number of nitrogens with one attached hydrogen (secondary N) is 1. The molecule has 0 saturated carbocycles. The topological polar surface area (TPSA) is 46.9 Å². The van der Waals surface area contributed by atoms with Crippen molar-refractivity contribution in [1.82, 2.24) is 9.55 Å². The zero-order chi connectivity index (χ0) is 20.5. The van der Waals surface area contributed by atoms with Gasteiger partial charge in [-0.2, -0.15) is 0 Å². The highest BCUT2D eigenvalue weighted by Crippen LogP contribution is 2.29. The second-order valence-corrected chi connectivity index (χ2v) is 9.19. The number of hydrogen-bond donors (Lipinski definition) is 1. The number of thiazole rings is 1. The molecule has 0 bridgehead atoms. The summed E-state index contributed by atoms with van der Waals surface area (Å²) in [5.74, 6) is -0.110. The molecule has 4 nitrogen and oxygen atoms in total. The minimum Gasteiger partial charge on any atom is -0.335 e. The predicted molar refractivity (Wildman–Crippen MR) is 127 cm³/mol. The summed E-state index contributed by atoms with van der Waals surface area (Å²) in [5.41, 5.74) is 5.25. The molecule has 0 fully saturated rings. The van der Waals surface area contributed by atoms with Crippen molar-refractivity contribution in [1.29, 1.82) is 0 Å². The normalized spacial score (nSPS) is 11.4. The van der Waals surface area contributed by atoms with Gasteiger partial charge < -0.3 is 4.57 Å². The Bertz CT molecular complexity index is 1330. The van der Waals surface area contributed by atoms with Crippen LogP contribution in [-0.2, 0) is 19.4 Å². The fourth-order valence-electron chi connectivity index (χ4n) is 3.70. The molecule has 5 aromatic rings. The molecule has 0 spiro atoms. The number of aromatic nitrogens is 2. The standard InChI is InChI=1S/C24H21N3OS2/c1-2-16-8-9-18-21(14-16)30-24(25-18)26-23(28)20-15-22-19(11-13-29-22)27(20)12-10-17-6-4-3-5-7-17/h3-9,11,13-15H,2,10,12H2,1H3,(H,25,26,28). The monoisotopic (exact) mass is 431 g/mol. The average molecular weight is 432 g/mol. The first kappa shape index (κ1) is 19.0. The highest BCUT2D eigenvalue weighted by Gasteiger charge is 2.18. The number of benzene rings is 2. The number of amides is 1. The quantitative estimate of drug-likeness (QED) is 0.339. The van der Waals surface area contributed by atoms with Crippen LogP contribution in [0.1, 0.15) is 28.5 Å². The number of thiophene rings is 1. The minimum absolute atomic E-state index is 0.110. The Morgan fingerprint density at radius 1 is 1.03 bits per heavy atom. The number of hydrogen-bond acceptors (Lipinski definition) is 4. The summed E-state index contributed by atoms with van der Waals surface area (Å²) in [5, 5.41) is 5.74.